The van der Waals surface area contributed by atoms with Gasteiger partial charge < -0.3 is 30.3 Å². The number of anilines is 1. The number of hydrogen-bond donors (Lipinski definition) is 4. The van der Waals surface area contributed by atoms with Gasteiger partial charge in [0, 0.05) is 12.2 Å². The van der Waals surface area contributed by atoms with Gasteiger partial charge in [0.2, 0.25) is 0 Å². The first-order valence-electron chi connectivity index (χ1n) is 6.90. The molecular weight excluding hydrogens is 304 g/mol. The Morgan fingerprint density at radius 1 is 1.17 bits per heavy atom. The maximum atomic E-state index is 12.0. The fourth-order valence-corrected chi connectivity index (χ4v) is 1.55. The number of methoxy groups -OCH3 is 1. The van der Waals surface area contributed by atoms with Crippen molar-refractivity contribution in [2.45, 2.75) is 0 Å². The Kier molecular flexibility index (Phi) is 8.19. The van der Waals surface area contributed by atoms with Crippen LogP contribution in [0, 0.1) is 0 Å². The average Bonchev–Trinajstić information content (AvgIpc) is 2.58. The van der Waals surface area contributed by atoms with Crippen LogP contribution in [0.25, 0.3) is 0 Å². The zero-order valence-corrected chi connectivity index (χ0v) is 12.7. The zero-order valence-electron chi connectivity index (χ0n) is 12.7. The molecule has 0 aliphatic rings. The second-order valence-corrected chi connectivity index (χ2v) is 4.28. The molecule has 1 amide bonds. The molecule has 8 heteroatoms. The standard InChI is InChI=1S/C15H20N2O6/c1-22-14(20)10-13(15(21)16-6-7-18)17-11-2-4-12(5-3-11)23-9-8-19/h2-5,10,17-19H,6-9H2,1H3,(H,16,21)/b13-10-. The van der Waals surface area contributed by atoms with E-state index in [4.69, 9.17) is 14.9 Å². The maximum Gasteiger partial charge on any atom is 0.332 e. The number of nitrogens with one attached hydrogen (secondary N) is 2. The highest BCUT2D eigenvalue weighted by atomic mass is 16.5. The Balaban J connectivity index is 2.81. The minimum Gasteiger partial charge on any atom is -0.491 e. The molecule has 0 atom stereocenters. The second kappa shape index (κ2) is 10.2. The van der Waals surface area contributed by atoms with E-state index in [-0.39, 0.29) is 32.1 Å². The maximum absolute atomic E-state index is 12.0. The van der Waals surface area contributed by atoms with E-state index in [2.05, 4.69) is 15.4 Å². The molecule has 0 spiro atoms. The number of benzene rings is 1. The van der Waals surface area contributed by atoms with Crippen LogP contribution in [-0.2, 0) is 14.3 Å². The third kappa shape index (κ3) is 6.81. The molecule has 126 valence electrons. The predicted molar refractivity (Wildman–Crippen MR) is 82.8 cm³/mol. The van der Waals surface area contributed by atoms with Gasteiger partial charge in [-0.1, -0.05) is 0 Å². The van der Waals surface area contributed by atoms with Gasteiger partial charge in [0.15, 0.2) is 0 Å². The van der Waals surface area contributed by atoms with Crippen LogP contribution in [0.2, 0.25) is 0 Å². The number of carbonyl (C=O) groups excluding carboxylic acids is 2. The van der Waals surface area contributed by atoms with E-state index in [1.807, 2.05) is 0 Å². The molecule has 4 N–H and O–H groups in total. The molecule has 1 rings (SSSR count). The molecule has 0 fully saturated rings. The van der Waals surface area contributed by atoms with Crippen LogP contribution in [0.15, 0.2) is 36.0 Å². The zero-order chi connectivity index (χ0) is 17.1. The van der Waals surface area contributed by atoms with E-state index in [1.165, 1.54) is 7.11 Å². The van der Waals surface area contributed by atoms with Gasteiger partial charge in [-0.2, -0.15) is 0 Å². The SMILES string of the molecule is COC(=O)/C=C(\Nc1ccc(OCCO)cc1)C(=O)NCCO. The van der Waals surface area contributed by atoms with Gasteiger partial charge in [-0.15, -0.1) is 0 Å². The summed E-state index contributed by atoms with van der Waals surface area (Å²) >= 11 is 0. The molecule has 0 heterocycles. The summed E-state index contributed by atoms with van der Waals surface area (Å²) < 4.78 is 9.73. The van der Waals surface area contributed by atoms with Crippen molar-refractivity contribution >= 4 is 17.6 Å². The molecule has 1 aromatic rings. The van der Waals surface area contributed by atoms with Crippen molar-refractivity contribution in [3.8, 4) is 5.75 Å². The highest BCUT2D eigenvalue weighted by Crippen LogP contribution is 2.17. The largest absolute Gasteiger partial charge is 0.491 e. The first-order valence-corrected chi connectivity index (χ1v) is 6.90. The van der Waals surface area contributed by atoms with Crippen molar-refractivity contribution in [2.24, 2.45) is 0 Å². The monoisotopic (exact) mass is 324 g/mol. The number of aliphatic hydroxyl groups excluding tert-OH is 2. The smallest absolute Gasteiger partial charge is 0.332 e. The average molecular weight is 324 g/mol. The molecule has 0 saturated carbocycles. The minimum atomic E-state index is -0.686. The molecule has 0 aliphatic carbocycles. The topological polar surface area (TPSA) is 117 Å². The molecule has 0 radical (unpaired) electrons. The number of carbonyl (C=O) groups is 2. The Hall–Kier alpha value is -2.58. The molecule has 23 heavy (non-hydrogen) atoms. The van der Waals surface area contributed by atoms with Crippen molar-refractivity contribution in [3.63, 3.8) is 0 Å². The summed E-state index contributed by atoms with van der Waals surface area (Å²) in [5.74, 6) is -0.674. The Labute approximate surface area is 133 Å². The molecule has 0 saturated heterocycles. The molecule has 1 aromatic carbocycles. The third-order valence-electron chi connectivity index (χ3n) is 2.60. The first-order chi connectivity index (χ1) is 11.1. The lowest BCUT2D eigenvalue weighted by molar-refractivity contribution is -0.135. The number of hydrogen-bond acceptors (Lipinski definition) is 7. The van der Waals surface area contributed by atoms with Gasteiger partial charge in [0.1, 0.15) is 18.1 Å². The van der Waals surface area contributed by atoms with Crippen LogP contribution in [0.5, 0.6) is 5.75 Å². The molecular formula is C15H20N2O6. The van der Waals surface area contributed by atoms with Gasteiger partial charge in [-0.25, -0.2) is 4.79 Å². The molecule has 0 bridgehead atoms. The highest BCUT2D eigenvalue weighted by Gasteiger charge is 2.12. The molecule has 0 aromatic heterocycles. The van der Waals surface area contributed by atoms with Gasteiger partial charge >= 0.3 is 5.97 Å². The summed E-state index contributed by atoms with van der Waals surface area (Å²) in [6.45, 7) is -0.0536. The first kappa shape index (κ1) is 18.5. The minimum absolute atomic E-state index is 0.0191. The number of ether oxygens (including phenoxy) is 2. The van der Waals surface area contributed by atoms with Crippen molar-refractivity contribution in [3.05, 3.63) is 36.0 Å². The van der Waals surface area contributed by atoms with E-state index in [0.29, 0.717) is 11.4 Å². The summed E-state index contributed by atoms with van der Waals surface area (Å²) in [5, 5.41) is 22.7. The van der Waals surface area contributed by atoms with Crippen molar-refractivity contribution in [1.29, 1.82) is 0 Å². The number of aliphatic hydroxyl groups is 2. The summed E-state index contributed by atoms with van der Waals surface area (Å²) in [5.41, 5.74) is 0.532. The summed E-state index contributed by atoms with van der Waals surface area (Å²) in [4.78, 5) is 23.3. The lowest BCUT2D eigenvalue weighted by Gasteiger charge is -2.12. The van der Waals surface area contributed by atoms with Crippen LogP contribution >= 0.6 is 0 Å². The van der Waals surface area contributed by atoms with Gasteiger partial charge in [-0.05, 0) is 24.3 Å². The predicted octanol–water partition coefficient (Wildman–Crippen LogP) is -0.365. The summed E-state index contributed by atoms with van der Waals surface area (Å²) in [6.07, 6.45) is 1.02. The number of amides is 1. The fraction of sp³-hybridized carbons (Fsp3) is 0.333. The lowest BCUT2D eigenvalue weighted by Crippen LogP contribution is -2.31. The van der Waals surface area contributed by atoms with Gasteiger partial charge in [0.25, 0.3) is 5.91 Å². The van der Waals surface area contributed by atoms with Crippen LogP contribution in [-0.4, -0.2) is 55.6 Å². The molecule has 8 nitrogen and oxygen atoms in total. The van der Waals surface area contributed by atoms with E-state index < -0.39 is 11.9 Å². The quantitative estimate of drug-likeness (QED) is 0.362. The van der Waals surface area contributed by atoms with E-state index >= 15 is 0 Å². The molecule has 0 unspecified atom stereocenters. The van der Waals surface area contributed by atoms with E-state index in [9.17, 15) is 9.59 Å². The van der Waals surface area contributed by atoms with E-state index in [0.717, 1.165) is 6.08 Å². The lowest BCUT2D eigenvalue weighted by atomic mass is 10.2. The number of esters is 1. The molecule has 0 aliphatic heterocycles. The van der Waals surface area contributed by atoms with Crippen LogP contribution in [0.3, 0.4) is 0 Å². The number of rotatable bonds is 9. The summed E-state index contributed by atoms with van der Waals surface area (Å²) in [7, 11) is 1.20. The second-order valence-electron chi connectivity index (χ2n) is 4.28. The summed E-state index contributed by atoms with van der Waals surface area (Å²) in [6, 6.07) is 6.60. The highest BCUT2D eigenvalue weighted by molar-refractivity contribution is 6.01. The van der Waals surface area contributed by atoms with Gasteiger partial charge in [0.05, 0.1) is 26.4 Å². The van der Waals surface area contributed by atoms with Crippen molar-refractivity contribution in [2.75, 3.05) is 38.8 Å². The Bertz CT molecular complexity index is 541. The normalized spacial score (nSPS) is 10.8. The van der Waals surface area contributed by atoms with Gasteiger partial charge in [-0.3, -0.25) is 4.79 Å². The van der Waals surface area contributed by atoms with Crippen molar-refractivity contribution < 1.29 is 29.3 Å². The Morgan fingerprint density at radius 3 is 2.43 bits per heavy atom. The fourth-order valence-electron chi connectivity index (χ4n) is 1.55. The van der Waals surface area contributed by atoms with Crippen molar-refractivity contribution in [1.82, 2.24) is 5.32 Å². The van der Waals surface area contributed by atoms with Crippen LogP contribution in [0.1, 0.15) is 0 Å². The van der Waals surface area contributed by atoms with Crippen LogP contribution in [0.4, 0.5) is 5.69 Å². The van der Waals surface area contributed by atoms with E-state index in [1.54, 1.807) is 24.3 Å². The third-order valence-corrected chi connectivity index (χ3v) is 2.60. The van der Waals surface area contributed by atoms with Crippen LogP contribution < -0.4 is 15.4 Å². The Morgan fingerprint density at radius 2 is 1.87 bits per heavy atom.